The van der Waals surface area contributed by atoms with Gasteiger partial charge in [-0.15, -0.1) is 12.4 Å². The zero-order chi connectivity index (χ0) is 7.44. The first-order valence-corrected chi connectivity index (χ1v) is 3.02. The van der Waals surface area contributed by atoms with Crippen molar-refractivity contribution in [2.45, 2.75) is 26.3 Å². The number of carboxylic acids is 1. The molecule has 0 aromatic rings. The molecule has 1 atom stereocenters. The Labute approximate surface area is 96.9 Å². The van der Waals surface area contributed by atoms with E-state index >= 15 is 0 Å². The topological polar surface area (TPSA) is 63.3 Å². The Hall–Kier alpha value is 0.720. The molecule has 0 saturated heterocycles. The molecule has 0 amide bonds. The number of aliphatic carboxylic acids is 1. The van der Waals surface area contributed by atoms with Crippen LogP contribution in [0.1, 0.15) is 21.7 Å². The predicted octanol–water partition coefficient (Wildman–Crippen LogP) is -2.02. The third-order valence-electron chi connectivity index (χ3n) is 1.04. The maximum atomic E-state index is 10.1. The van der Waals surface area contributed by atoms with Crippen LogP contribution in [0.5, 0.6) is 0 Å². The molecule has 0 bridgehead atoms. The molecule has 0 fully saturated rings. The van der Waals surface area contributed by atoms with Crippen LogP contribution in [0.15, 0.2) is 0 Å². The molecule has 0 heterocycles. The van der Waals surface area contributed by atoms with Gasteiger partial charge in [0.05, 0.1) is 0 Å². The van der Waals surface area contributed by atoms with Gasteiger partial charge in [-0.05, 0) is 12.3 Å². The summed E-state index contributed by atoms with van der Waals surface area (Å²) in [5.74, 6) is -0.556. The number of hydrogen-bond acceptors (Lipinski definition) is 2. The average Bonchev–Trinajstić information content (AvgIpc) is 1.63. The number of nitrogens with two attached hydrogens (primary N) is 1. The summed E-state index contributed by atoms with van der Waals surface area (Å²) in [5.41, 5.74) is 5.22. The van der Waals surface area contributed by atoms with Gasteiger partial charge in [0, 0.05) is 0 Å². The van der Waals surface area contributed by atoms with Gasteiger partial charge in [-0.1, -0.05) is 13.8 Å². The zero-order valence-electron chi connectivity index (χ0n) is 8.20. The number of halogens is 1. The van der Waals surface area contributed by atoms with E-state index in [0.717, 1.165) is 0 Å². The largest absolute Gasteiger partial charge is 1.00 e. The summed E-state index contributed by atoms with van der Waals surface area (Å²) in [6.45, 7) is 3.89. The minimum absolute atomic E-state index is 0. The summed E-state index contributed by atoms with van der Waals surface area (Å²) in [4.78, 5) is 10.1. The Morgan fingerprint density at radius 3 is 2.09 bits per heavy atom. The molecule has 0 aliphatic rings. The van der Waals surface area contributed by atoms with E-state index in [-0.39, 0.29) is 43.4 Å². The Bertz CT molecular complexity index is 116. The van der Waals surface area contributed by atoms with Crippen molar-refractivity contribution < 1.29 is 40.9 Å². The number of carboxylic acid groups (broad SMARTS) is 1. The fourth-order valence-corrected chi connectivity index (χ4v) is 0.609. The molecule has 0 rings (SSSR count). The molecule has 0 spiro atoms. The van der Waals surface area contributed by atoms with Gasteiger partial charge in [0.1, 0.15) is 6.04 Å². The fourth-order valence-electron chi connectivity index (χ4n) is 0.609. The third-order valence-corrected chi connectivity index (χ3v) is 1.04. The normalized spacial score (nSPS) is 11.3. The molecule has 0 aromatic heterocycles. The maximum absolute atomic E-state index is 10.1. The minimum atomic E-state index is -0.913. The second-order valence-corrected chi connectivity index (χ2v) is 2.57. The van der Waals surface area contributed by atoms with Gasteiger partial charge in [0.25, 0.3) is 0 Å². The summed E-state index contributed by atoms with van der Waals surface area (Å²) in [6.07, 6.45) is 0.551. The van der Waals surface area contributed by atoms with Crippen molar-refractivity contribution >= 4 is 18.4 Å². The van der Waals surface area contributed by atoms with Gasteiger partial charge in [-0.2, -0.15) is 0 Å². The summed E-state index contributed by atoms with van der Waals surface area (Å²) in [7, 11) is 0. The van der Waals surface area contributed by atoms with E-state index in [2.05, 4.69) is 0 Å². The summed E-state index contributed by atoms with van der Waals surface area (Å²) < 4.78 is 0. The van der Waals surface area contributed by atoms with Crippen molar-refractivity contribution in [1.82, 2.24) is 0 Å². The molecule has 0 aromatic carbocycles. The van der Waals surface area contributed by atoms with Crippen LogP contribution in [0.2, 0.25) is 0 Å². The predicted molar refractivity (Wildman–Crippen MR) is 43.4 cm³/mol. The first-order chi connectivity index (χ1) is 4.04. The van der Waals surface area contributed by atoms with E-state index in [0.29, 0.717) is 12.3 Å². The molecule has 5 heteroatoms. The monoisotopic (exact) mass is 191 g/mol. The van der Waals surface area contributed by atoms with Crippen LogP contribution in [0, 0.1) is 5.92 Å². The zero-order valence-corrected chi connectivity index (χ0v) is 10.0. The average molecular weight is 192 g/mol. The van der Waals surface area contributed by atoms with Gasteiger partial charge in [-0.3, -0.25) is 4.79 Å². The molecule has 0 radical (unpaired) electrons. The third kappa shape index (κ3) is 10.7. The van der Waals surface area contributed by atoms with E-state index in [1.165, 1.54) is 0 Å². The summed E-state index contributed by atoms with van der Waals surface area (Å²) in [6, 6.07) is -0.690. The minimum Gasteiger partial charge on any atom is -1.00 e. The maximum Gasteiger partial charge on any atom is 1.00 e. The van der Waals surface area contributed by atoms with Crippen LogP contribution < -0.4 is 35.3 Å². The van der Waals surface area contributed by atoms with E-state index in [1.807, 2.05) is 13.8 Å². The standard InChI is InChI=1S/C6H13NO2.ClH.Na.H/c1-4(2)3-5(7)6(8)9;;;/h4-5H,3,7H2,1-2H3,(H,8,9);1H;;/q;;+1;-1. The smallest absolute Gasteiger partial charge is 1.00 e. The van der Waals surface area contributed by atoms with Gasteiger partial charge in [0.2, 0.25) is 0 Å². The molecular formula is C6H15ClNNaO2. The molecule has 0 saturated carbocycles. The molecule has 0 aliphatic carbocycles. The van der Waals surface area contributed by atoms with E-state index in [9.17, 15) is 4.79 Å². The number of rotatable bonds is 3. The second kappa shape index (κ2) is 8.81. The van der Waals surface area contributed by atoms with Crippen LogP contribution in [0.25, 0.3) is 0 Å². The quantitative estimate of drug-likeness (QED) is 0.507. The van der Waals surface area contributed by atoms with Crippen molar-refractivity contribution in [3.8, 4) is 0 Å². The van der Waals surface area contributed by atoms with E-state index < -0.39 is 12.0 Å². The van der Waals surface area contributed by atoms with Crippen LogP contribution >= 0.6 is 12.4 Å². The van der Waals surface area contributed by atoms with Crippen LogP contribution in [-0.4, -0.2) is 17.1 Å². The van der Waals surface area contributed by atoms with Gasteiger partial charge >= 0.3 is 35.5 Å². The summed E-state index contributed by atoms with van der Waals surface area (Å²) >= 11 is 0. The first-order valence-electron chi connectivity index (χ1n) is 3.02. The van der Waals surface area contributed by atoms with Crippen LogP contribution in [0.3, 0.4) is 0 Å². The van der Waals surface area contributed by atoms with Crippen LogP contribution in [-0.2, 0) is 4.79 Å². The Morgan fingerprint density at radius 2 is 2.00 bits per heavy atom. The van der Waals surface area contributed by atoms with Gasteiger partial charge < -0.3 is 12.3 Å². The van der Waals surface area contributed by atoms with Gasteiger partial charge in [-0.25, -0.2) is 0 Å². The summed E-state index contributed by atoms with van der Waals surface area (Å²) in [5, 5.41) is 8.31. The van der Waals surface area contributed by atoms with Crippen molar-refractivity contribution in [3.05, 3.63) is 0 Å². The Kier molecular flexibility index (Phi) is 14.2. The molecule has 3 N–H and O–H groups in total. The molecule has 3 nitrogen and oxygen atoms in total. The number of hydrogen-bond donors (Lipinski definition) is 2. The molecule has 0 aliphatic heterocycles. The molecule has 64 valence electrons. The molecule has 1 unspecified atom stereocenters. The second-order valence-electron chi connectivity index (χ2n) is 2.57. The van der Waals surface area contributed by atoms with E-state index in [1.54, 1.807) is 0 Å². The number of carbonyl (C=O) groups is 1. The van der Waals surface area contributed by atoms with Crippen LogP contribution in [0.4, 0.5) is 0 Å². The SMILES string of the molecule is CC(C)CC(N)C(=O)O.Cl.[H-].[Na+]. The van der Waals surface area contributed by atoms with Crippen molar-refractivity contribution in [2.75, 3.05) is 0 Å². The first kappa shape index (κ1) is 17.7. The van der Waals surface area contributed by atoms with Crippen molar-refractivity contribution in [3.63, 3.8) is 0 Å². The Balaban J connectivity index is -0.000000107. The Morgan fingerprint density at radius 1 is 1.64 bits per heavy atom. The fraction of sp³-hybridized carbons (Fsp3) is 0.833. The van der Waals surface area contributed by atoms with Crippen molar-refractivity contribution in [1.29, 1.82) is 0 Å². The van der Waals surface area contributed by atoms with Crippen molar-refractivity contribution in [2.24, 2.45) is 11.7 Å². The van der Waals surface area contributed by atoms with Gasteiger partial charge in [0.15, 0.2) is 0 Å². The van der Waals surface area contributed by atoms with E-state index in [4.69, 9.17) is 10.8 Å². The molecule has 11 heavy (non-hydrogen) atoms. The molecular weight excluding hydrogens is 177 g/mol.